The number of carbonyl (C=O) groups is 1. The number of para-hydroxylation sites is 1. The topological polar surface area (TPSA) is 82.5 Å². The monoisotopic (exact) mass is 350 g/mol. The van der Waals surface area contributed by atoms with Gasteiger partial charge in [-0.25, -0.2) is 0 Å². The van der Waals surface area contributed by atoms with Gasteiger partial charge in [-0.3, -0.25) is 14.9 Å². The van der Waals surface area contributed by atoms with E-state index in [0.717, 1.165) is 16.6 Å². The lowest BCUT2D eigenvalue weighted by molar-refractivity contribution is -0.384. The molecule has 132 valence electrons. The van der Waals surface area contributed by atoms with E-state index in [1.807, 2.05) is 29.2 Å². The lowest BCUT2D eigenvalue weighted by atomic mass is 10.1. The number of anilines is 1. The molecule has 3 aromatic rings. The Hall–Kier alpha value is -3.35. The Morgan fingerprint density at radius 1 is 1.00 bits per heavy atom. The second-order valence-electron chi connectivity index (χ2n) is 6.30. The molecule has 0 aliphatic carbocycles. The smallest absolute Gasteiger partial charge is 0.269 e. The van der Waals surface area contributed by atoms with Gasteiger partial charge >= 0.3 is 0 Å². The van der Waals surface area contributed by atoms with Crippen LogP contribution in [0.4, 0.5) is 11.4 Å². The molecule has 0 bridgehead atoms. The minimum atomic E-state index is -0.401. The first-order valence-electron chi connectivity index (χ1n) is 8.48. The average Bonchev–Trinajstić information content (AvgIpc) is 3.12. The molecule has 1 aromatic heterocycles. The number of nitro benzene ring substituents is 1. The Morgan fingerprint density at radius 2 is 1.69 bits per heavy atom. The van der Waals surface area contributed by atoms with E-state index in [1.165, 1.54) is 12.1 Å². The first-order chi connectivity index (χ1) is 12.6. The molecule has 1 saturated heterocycles. The van der Waals surface area contributed by atoms with Gasteiger partial charge in [0.15, 0.2) is 0 Å². The van der Waals surface area contributed by atoms with E-state index >= 15 is 0 Å². The third kappa shape index (κ3) is 2.88. The summed E-state index contributed by atoms with van der Waals surface area (Å²) in [6, 6.07) is 14.3. The zero-order chi connectivity index (χ0) is 18.1. The minimum absolute atomic E-state index is 0.0331. The summed E-state index contributed by atoms with van der Waals surface area (Å²) in [6.07, 6.45) is 1.77. The fourth-order valence-electron chi connectivity index (χ4n) is 3.37. The lowest BCUT2D eigenvalue weighted by Crippen LogP contribution is -2.48. The van der Waals surface area contributed by atoms with Crippen LogP contribution in [-0.2, 0) is 0 Å². The summed E-state index contributed by atoms with van der Waals surface area (Å²) in [5, 5.41) is 11.7. The van der Waals surface area contributed by atoms with Gasteiger partial charge in [-0.05, 0) is 18.2 Å². The van der Waals surface area contributed by atoms with Crippen LogP contribution in [0.5, 0.6) is 0 Å². The van der Waals surface area contributed by atoms with E-state index in [-0.39, 0.29) is 11.6 Å². The fraction of sp³-hybridized carbons (Fsp3) is 0.211. The van der Waals surface area contributed by atoms with Crippen LogP contribution < -0.4 is 4.90 Å². The van der Waals surface area contributed by atoms with Crippen LogP contribution >= 0.6 is 0 Å². The van der Waals surface area contributed by atoms with E-state index in [0.29, 0.717) is 31.7 Å². The number of non-ortho nitro benzene ring substituents is 1. The van der Waals surface area contributed by atoms with Crippen molar-refractivity contribution in [3.8, 4) is 0 Å². The normalized spacial score (nSPS) is 14.6. The molecule has 0 saturated carbocycles. The van der Waals surface area contributed by atoms with Gasteiger partial charge in [-0.1, -0.05) is 18.2 Å². The van der Waals surface area contributed by atoms with E-state index < -0.39 is 4.92 Å². The van der Waals surface area contributed by atoms with Gasteiger partial charge in [0.05, 0.1) is 10.5 Å². The highest BCUT2D eigenvalue weighted by Crippen LogP contribution is 2.23. The zero-order valence-electron chi connectivity index (χ0n) is 14.1. The first kappa shape index (κ1) is 16.1. The number of rotatable bonds is 3. The average molecular weight is 350 g/mol. The van der Waals surface area contributed by atoms with E-state index in [1.54, 1.807) is 18.3 Å². The first-order valence-corrected chi connectivity index (χ1v) is 8.48. The molecular weight excluding hydrogens is 332 g/mol. The van der Waals surface area contributed by atoms with Crippen molar-refractivity contribution in [1.82, 2.24) is 9.88 Å². The van der Waals surface area contributed by atoms with E-state index in [9.17, 15) is 14.9 Å². The fourth-order valence-corrected chi connectivity index (χ4v) is 3.37. The maximum absolute atomic E-state index is 12.9. The zero-order valence-corrected chi connectivity index (χ0v) is 14.1. The van der Waals surface area contributed by atoms with Crippen molar-refractivity contribution in [2.75, 3.05) is 31.1 Å². The maximum atomic E-state index is 12.9. The quantitative estimate of drug-likeness (QED) is 0.581. The standard InChI is InChI=1S/C19H18N4O3/c24-19(17-13-20-18-4-2-1-3-16(17)18)22-11-9-21(10-12-22)14-5-7-15(8-6-14)23(25)26/h1-8,13,20H,9-12H2. The van der Waals surface area contributed by atoms with Crippen molar-refractivity contribution in [3.63, 3.8) is 0 Å². The van der Waals surface area contributed by atoms with Crippen LogP contribution in [0.15, 0.2) is 54.7 Å². The number of nitro groups is 1. The summed E-state index contributed by atoms with van der Waals surface area (Å²) in [4.78, 5) is 30.4. The van der Waals surface area contributed by atoms with Crippen molar-refractivity contribution in [2.45, 2.75) is 0 Å². The molecule has 1 N–H and O–H groups in total. The largest absolute Gasteiger partial charge is 0.368 e. The Labute approximate surface area is 150 Å². The highest BCUT2D eigenvalue weighted by atomic mass is 16.6. The molecule has 1 fully saturated rings. The molecule has 2 heterocycles. The number of aromatic amines is 1. The molecule has 4 rings (SSSR count). The molecular formula is C19H18N4O3. The van der Waals surface area contributed by atoms with Gasteiger partial charge in [0, 0.05) is 61.1 Å². The number of nitrogens with zero attached hydrogens (tertiary/aromatic N) is 3. The predicted octanol–water partition coefficient (Wildman–Crippen LogP) is 3.04. The number of benzene rings is 2. The Balaban J connectivity index is 1.44. The SMILES string of the molecule is O=C(c1c[nH]c2ccccc12)N1CCN(c2ccc([N+](=O)[O-])cc2)CC1. The number of hydrogen-bond donors (Lipinski definition) is 1. The summed E-state index contributed by atoms with van der Waals surface area (Å²) in [5.74, 6) is 0.0331. The molecule has 0 spiro atoms. The summed E-state index contributed by atoms with van der Waals surface area (Å²) < 4.78 is 0. The number of nitrogens with one attached hydrogen (secondary N) is 1. The Kier molecular flexibility index (Phi) is 4.04. The number of hydrogen-bond acceptors (Lipinski definition) is 4. The van der Waals surface area contributed by atoms with Crippen molar-refractivity contribution in [1.29, 1.82) is 0 Å². The number of carbonyl (C=O) groups excluding carboxylic acids is 1. The summed E-state index contributed by atoms with van der Waals surface area (Å²) in [5.41, 5.74) is 2.68. The number of amides is 1. The predicted molar refractivity (Wildman–Crippen MR) is 99.5 cm³/mol. The molecule has 26 heavy (non-hydrogen) atoms. The number of aromatic nitrogens is 1. The van der Waals surface area contributed by atoms with Crippen molar-refractivity contribution < 1.29 is 9.72 Å². The molecule has 2 aromatic carbocycles. The molecule has 1 amide bonds. The van der Waals surface area contributed by atoms with Crippen LogP contribution in [0.3, 0.4) is 0 Å². The van der Waals surface area contributed by atoms with Gasteiger partial charge in [0.1, 0.15) is 0 Å². The van der Waals surface area contributed by atoms with Gasteiger partial charge < -0.3 is 14.8 Å². The lowest BCUT2D eigenvalue weighted by Gasteiger charge is -2.36. The van der Waals surface area contributed by atoms with E-state index in [4.69, 9.17) is 0 Å². The van der Waals surface area contributed by atoms with Crippen LogP contribution in [0.1, 0.15) is 10.4 Å². The highest BCUT2D eigenvalue weighted by Gasteiger charge is 2.24. The summed E-state index contributed by atoms with van der Waals surface area (Å²) >= 11 is 0. The minimum Gasteiger partial charge on any atom is -0.368 e. The Morgan fingerprint density at radius 3 is 2.38 bits per heavy atom. The Bertz CT molecular complexity index is 956. The molecule has 1 aliphatic rings. The third-order valence-corrected chi connectivity index (χ3v) is 4.81. The highest BCUT2D eigenvalue weighted by molar-refractivity contribution is 6.06. The van der Waals surface area contributed by atoms with Crippen LogP contribution in [0.2, 0.25) is 0 Å². The molecule has 0 atom stereocenters. The number of fused-ring (bicyclic) bond motifs is 1. The summed E-state index contributed by atoms with van der Waals surface area (Å²) in [6.45, 7) is 2.64. The molecule has 0 radical (unpaired) electrons. The second-order valence-corrected chi connectivity index (χ2v) is 6.30. The van der Waals surface area contributed by atoms with Crippen LogP contribution in [-0.4, -0.2) is 46.9 Å². The van der Waals surface area contributed by atoms with Gasteiger partial charge in [-0.15, -0.1) is 0 Å². The molecule has 1 aliphatic heterocycles. The third-order valence-electron chi connectivity index (χ3n) is 4.81. The molecule has 7 heteroatoms. The number of H-pyrrole nitrogens is 1. The maximum Gasteiger partial charge on any atom is 0.269 e. The van der Waals surface area contributed by atoms with Crippen molar-refractivity contribution >= 4 is 28.2 Å². The van der Waals surface area contributed by atoms with Gasteiger partial charge in [-0.2, -0.15) is 0 Å². The van der Waals surface area contributed by atoms with Gasteiger partial charge in [0.2, 0.25) is 0 Å². The van der Waals surface area contributed by atoms with Gasteiger partial charge in [0.25, 0.3) is 11.6 Å². The van der Waals surface area contributed by atoms with Crippen LogP contribution in [0, 0.1) is 10.1 Å². The van der Waals surface area contributed by atoms with Crippen LogP contribution in [0.25, 0.3) is 10.9 Å². The second kappa shape index (κ2) is 6.51. The molecule has 7 nitrogen and oxygen atoms in total. The summed E-state index contributed by atoms with van der Waals surface area (Å²) in [7, 11) is 0. The van der Waals surface area contributed by atoms with Crippen molar-refractivity contribution in [3.05, 3.63) is 70.4 Å². The number of piperazine rings is 1. The molecule has 0 unspecified atom stereocenters. The van der Waals surface area contributed by atoms with Crippen molar-refractivity contribution in [2.24, 2.45) is 0 Å². The van der Waals surface area contributed by atoms with E-state index in [2.05, 4.69) is 9.88 Å².